The fourth-order valence-electron chi connectivity index (χ4n) is 26.4. The summed E-state index contributed by atoms with van der Waals surface area (Å²) in [5.41, 5.74) is 37.3. The van der Waals surface area contributed by atoms with E-state index in [9.17, 15) is 0 Å². The molecule has 0 amide bonds. The summed E-state index contributed by atoms with van der Waals surface area (Å²) in [5.74, 6) is 0.786. The van der Waals surface area contributed by atoms with Gasteiger partial charge in [-0.25, -0.2) is 0 Å². The number of benzene rings is 18. The van der Waals surface area contributed by atoms with Crippen LogP contribution < -0.4 is 0 Å². The molecule has 0 saturated carbocycles. The number of hydrogen-bond acceptors (Lipinski definition) is 0. The number of para-hydroxylation sites is 8. The van der Waals surface area contributed by atoms with E-state index in [0.717, 1.165) is 24.0 Å². The Morgan fingerprint density at radius 2 is 0.381 bits per heavy atom. The van der Waals surface area contributed by atoms with Gasteiger partial charge in [-0.05, 0) is 134 Å². The van der Waals surface area contributed by atoms with Gasteiger partial charge in [-0.15, -0.1) is 0 Å². The molecule has 12 heterocycles. The molecule has 12 aromatic heterocycles. The Morgan fingerprint density at radius 1 is 0.164 bits per heavy atom. The van der Waals surface area contributed by atoms with Crippen LogP contribution in [0.5, 0.6) is 0 Å². The van der Waals surface area contributed by atoms with E-state index in [2.05, 4.69) is 433 Å². The normalized spacial score (nSPS) is 14.0. The first-order valence-corrected chi connectivity index (χ1v) is 48.7. The van der Waals surface area contributed by atoms with Gasteiger partial charge in [0.15, 0.2) is 0 Å². The first-order chi connectivity index (χ1) is 65.9. The molecule has 0 aliphatic carbocycles. The van der Waals surface area contributed by atoms with Crippen LogP contribution in [0.15, 0.2) is 328 Å². The van der Waals surface area contributed by atoms with Crippen LogP contribution in [0.3, 0.4) is 0 Å². The maximum Gasteiger partial charge on any atom is 0.0634 e. The lowest BCUT2D eigenvalue weighted by molar-refractivity contribution is 0.428. The fourth-order valence-corrected chi connectivity index (χ4v) is 26.4. The van der Waals surface area contributed by atoms with Crippen LogP contribution in [-0.4, -0.2) is 35.9 Å². The summed E-state index contributed by atoms with van der Waals surface area (Å²) in [6, 6.07) is 129. The summed E-state index contributed by atoms with van der Waals surface area (Å²) in [6.07, 6.45) is 2.02. The van der Waals surface area contributed by atoms with Crippen molar-refractivity contribution in [2.75, 3.05) is 0 Å². The molecule has 0 saturated heterocycles. The van der Waals surface area contributed by atoms with Crippen molar-refractivity contribution in [2.24, 2.45) is 11.8 Å². The first kappa shape index (κ1) is 75.1. The average molecular weight is 1720 g/mol. The van der Waals surface area contributed by atoms with Gasteiger partial charge < -0.3 is 35.9 Å². The molecule has 18 aromatic carbocycles. The minimum atomic E-state index is 0.228. The predicted molar refractivity (Wildman–Crippen MR) is 573 cm³/mol. The van der Waals surface area contributed by atoms with Crippen LogP contribution in [0, 0.1) is 11.8 Å². The first-order valence-electron chi connectivity index (χ1n) is 48.7. The summed E-state index contributed by atoms with van der Waals surface area (Å²) < 4.78 is 21.6. The Bertz CT molecular complexity index is 10300. The maximum absolute atomic E-state index is 2.73. The molecule has 30 rings (SSSR count). The second-order valence-electron chi connectivity index (χ2n) is 39.9. The largest absolute Gasteiger partial charge is 0.337 e. The summed E-state index contributed by atoms with van der Waals surface area (Å²) in [6.45, 7) is 23.9. The third kappa shape index (κ3) is 9.11. The van der Waals surface area contributed by atoms with Crippen LogP contribution in [0.2, 0.25) is 0 Å². The molecule has 8 nitrogen and oxygen atoms in total. The van der Waals surface area contributed by atoms with Gasteiger partial charge in [0, 0.05) is 198 Å². The summed E-state index contributed by atoms with van der Waals surface area (Å²) in [4.78, 5) is 0. The zero-order chi connectivity index (χ0) is 88.9. The molecule has 0 radical (unpaired) electrons. The lowest BCUT2D eigenvalue weighted by Crippen LogP contribution is -2.11. The molecule has 4 atom stereocenters. The molecule has 30 aromatic rings. The number of nitrogens with zero attached hydrogens (tertiary/aromatic N) is 8. The van der Waals surface area contributed by atoms with Crippen molar-refractivity contribution < 1.29 is 0 Å². The van der Waals surface area contributed by atoms with Crippen molar-refractivity contribution in [3.63, 3.8) is 0 Å². The van der Waals surface area contributed by atoms with E-state index in [1.165, 1.54) is 284 Å². The highest BCUT2D eigenvalue weighted by Crippen LogP contribution is 2.60. The highest BCUT2D eigenvalue weighted by atomic mass is 15.1. The molecule has 638 valence electrons. The zero-order valence-corrected chi connectivity index (χ0v) is 76.6. The lowest BCUT2D eigenvalue weighted by atomic mass is 9.88. The van der Waals surface area contributed by atoms with Crippen molar-refractivity contribution in [3.8, 4) is 55.6 Å². The maximum atomic E-state index is 2.73. The molecular weight excluding hydrogens is 1630 g/mol. The second kappa shape index (κ2) is 26.6. The molecule has 8 heteroatoms. The van der Waals surface area contributed by atoms with Gasteiger partial charge in [-0.2, -0.15) is 0 Å². The lowest BCUT2D eigenvalue weighted by Gasteiger charge is -2.21. The Kier molecular flexibility index (Phi) is 14.9. The summed E-state index contributed by atoms with van der Waals surface area (Å²) >= 11 is 0. The van der Waals surface area contributed by atoms with Crippen LogP contribution in [-0.2, 0) is 0 Å². The van der Waals surface area contributed by atoms with Gasteiger partial charge in [-0.3, -0.25) is 0 Å². The van der Waals surface area contributed by atoms with E-state index in [4.69, 9.17) is 0 Å². The van der Waals surface area contributed by atoms with Gasteiger partial charge in [0.2, 0.25) is 0 Å². The highest BCUT2D eigenvalue weighted by Gasteiger charge is 2.38. The Balaban J connectivity index is 0.704. The van der Waals surface area contributed by atoms with Gasteiger partial charge >= 0.3 is 0 Å². The van der Waals surface area contributed by atoms with Crippen LogP contribution in [0.4, 0.5) is 0 Å². The van der Waals surface area contributed by atoms with Crippen molar-refractivity contribution in [1.29, 1.82) is 0 Å². The molecule has 0 bridgehead atoms. The number of rotatable bonds is 13. The quantitative estimate of drug-likeness (QED) is 0.110. The molecule has 0 aliphatic rings. The number of hydrogen-bond donors (Lipinski definition) is 0. The minimum Gasteiger partial charge on any atom is -0.337 e. The van der Waals surface area contributed by atoms with Crippen LogP contribution >= 0.6 is 0 Å². The van der Waals surface area contributed by atoms with Crippen molar-refractivity contribution >= 4 is 240 Å². The van der Waals surface area contributed by atoms with Gasteiger partial charge in [-0.1, -0.05) is 321 Å². The predicted octanol–water partition coefficient (Wildman–Crippen LogP) is 35.4. The standard InChI is InChI=1S/C126H94N8/c1-11-69(7)127-95-47-23-19-35-79(95)83-59-63-99-107(119(83)127)88-40-28-45-93-113-105(125-111(103(75-31-15-13-16-32-75)123(113)131(99)116(88)93)91-43-27-39-87-108-100(132(125)115(87)91)64-60-84-80-36-20-24-48-96(80)128(120(84)108)70(8)12-2)77-55-51-73(52-56-77)74-53-57-78(58-54-74)106-114-94-46-30-42-90-109-101(65-61-85-81-37-21-25-49-97(81)129(121(85)109)71(9)67(3)4)133(118(90)94)124(114)104(76-33-17-14-18-34-76)112-92-44-29-41-89-110-102(134(117(89)92)126(106)112)66-62-86-82-38-22-26-50-98(82)130(122(86)110)72(10)68(5)6/h13-72H,11-12H2,1-10H3. The molecule has 0 fully saturated rings. The molecular formula is C126H94N8. The third-order valence-electron chi connectivity index (χ3n) is 33.0. The van der Waals surface area contributed by atoms with E-state index in [1.807, 2.05) is 0 Å². The van der Waals surface area contributed by atoms with Crippen molar-refractivity contribution in [3.05, 3.63) is 328 Å². The Labute approximate surface area is 771 Å². The molecule has 4 unspecified atom stereocenters. The van der Waals surface area contributed by atoms with Crippen molar-refractivity contribution in [1.82, 2.24) is 35.9 Å². The number of aromatic nitrogens is 8. The average Bonchev–Trinajstić information content (AvgIpc) is 1.49. The SMILES string of the molecule is CCC(C)n1c2ccccc2c2ccc3c(c4cccc5c6c(-c7ccc(-c8ccc(-c9c%10c%11cccc%12c%13c%14c(ccc%13n(c%10c(-c%10ccccc%10)c%10c%13cccc%15c%16c%17c(ccc%16n(c9%10)c%13%15)c9ccccc9n%17C(C)C(C)C)c%11%12)c9ccccc9n%14C(C)C(C)C)cc8)cc7)c7c(c(-c8ccccc8)c6n3c54)c3cccc4c5c6c(ccc5n7c34)c3ccccc3n6C(C)CC)c21. The van der Waals surface area contributed by atoms with Crippen molar-refractivity contribution in [2.45, 2.75) is 106 Å². The molecule has 0 aliphatic heterocycles. The summed E-state index contributed by atoms with van der Waals surface area (Å²) in [7, 11) is 0. The monoisotopic (exact) mass is 1720 g/mol. The molecule has 134 heavy (non-hydrogen) atoms. The fraction of sp³-hybridized carbons (Fsp3) is 0.143. The van der Waals surface area contributed by atoms with E-state index in [0.29, 0.717) is 11.8 Å². The van der Waals surface area contributed by atoms with E-state index in [-0.39, 0.29) is 24.2 Å². The number of fused-ring (bicyclic) bond motifs is 40. The third-order valence-corrected chi connectivity index (χ3v) is 33.0. The minimum absolute atomic E-state index is 0.228. The van der Waals surface area contributed by atoms with Gasteiger partial charge in [0.1, 0.15) is 0 Å². The Morgan fingerprint density at radius 3 is 0.642 bits per heavy atom. The Hall–Kier alpha value is -15.6. The van der Waals surface area contributed by atoms with E-state index >= 15 is 0 Å². The smallest absolute Gasteiger partial charge is 0.0634 e. The summed E-state index contributed by atoms with van der Waals surface area (Å²) in [5, 5.41) is 30.8. The van der Waals surface area contributed by atoms with Gasteiger partial charge in [0.25, 0.3) is 0 Å². The molecule has 0 spiro atoms. The van der Waals surface area contributed by atoms with E-state index < -0.39 is 0 Å². The second-order valence-corrected chi connectivity index (χ2v) is 39.9. The van der Waals surface area contributed by atoms with Gasteiger partial charge in [0.05, 0.1) is 88.3 Å². The molecule has 0 N–H and O–H groups in total. The van der Waals surface area contributed by atoms with Crippen LogP contribution in [0.1, 0.15) is 106 Å². The highest BCUT2D eigenvalue weighted by molar-refractivity contribution is 6.44. The zero-order valence-electron chi connectivity index (χ0n) is 76.6. The topological polar surface area (TPSA) is 37.4 Å². The van der Waals surface area contributed by atoms with Crippen LogP contribution in [0.25, 0.3) is 295 Å². The van der Waals surface area contributed by atoms with E-state index in [1.54, 1.807) is 0 Å².